The first kappa shape index (κ1) is 32.5. The van der Waals surface area contributed by atoms with Crippen molar-refractivity contribution in [3.05, 3.63) is 87.2 Å². The van der Waals surface area contributed by atoms with Gasteiger partial charge < -0.3 is 19.7 Å². The molecule has 1 N–H and O–H groups in total. The van der Waals surface area contributed by atoms with E-state index < -0.39 is 11.9 Å². The largest absolute Gasteiger partial charge is 0.490 e. The van der Waals surface area contributed by atoms with E-state index in [0.717, 1.165) is 48.2 Å². The second-order valence-corrected chi connectivity index (χ2v) is 12.4. The number of hydrogen-bond acceptors (Lipinski definition) is 7. The van der Waals surface area contributed by atoms with Gasteiger partial charge in [-0.15, -0.1) is 0 Å². The van der Waals surface area contributed by atoms with Crippen molar-refractivity contribution < 1.29 is 18.7 Å². The Morgan fingerprint density at radius 2 is 1.80 bits per heavy atom. The van der Waals surface area contributed by atoms with Crippen LogP contribution in [0, 0.1) is 32.5 Å². The average Bonchev–Trinajstić information content (AvgIpc) is 2.98. The topological polar surface area (TPSA) is 79.8 Å². The van der Waals surface area contributed by atoms with E-state index in [9.17, 15) is 4.79 Å². The minimum Gasteiger partial charge on any atom is -0.490 e. The lowest BCUT2D eigenvalue weighted by Crippen LogP contribution is -2.34. The Labute approximate surface area is 273 Å². The van der Waals surface area contributed by atoms with Crippen LogP contribution >= 0.6 is 23.2 Å². The van der Waals surface area contributed by atoms with Gasteiger partial charge in [0.1, 0.15) is 0 Å². The lowest BCUT2D eigenvalue weighted by atomic mass is 9.97. The zero-order valence-corrected chi connectivity index (χ0v) is 27.5. The number of amides is 1. The van der Waals surface area contributed by atoms with Gasteiger partial charge in [0.2, 0.25) is 11.8 Å². The van der Waals surface area contributed by atoms with E-state index in [4.69, 9.17) is 37.7 Å². The summed E-state index contributed by atoms with van der Waals surface area (Å²) in [6, 6.07) is 15.0. The molecule has 45 heavy (non-hydrogen) atoms. The molecule has 1 unspecified atom stereocenters. The highest BCUT2D eigenvalue weighted by Gasteiger charge is 2.20. The molecule has 8 nitrogen and oxygen atoms in total. The van der Waals surface area contributed by atoms with Crippen molar-refractivity contribution in [2.45, 2.75) is 33.6 Å². The van der Waals surface area contributed by atoms with E-state index in [-0.39, 0.29) is 17.6 Å². The van der Waals surface area contributed by atoms with E-state index in [1.807, 2.05) is 32.9 Å². The van der Waals surface area contributed by atoms with Crippen molar-refractivity contribution in [3.63, 3.8) is 0 Å². The van der Waals surface area contributed by atoms with Crippen LogP contribution in [0.1, 0.15) is 29.5 Å². The minimum atomic E-state index is -0.711. The van der Waals surface area contributed by atoms with Crippen LogP contribution in [0.2, 0.25) is 10.0 Å². The van der Waals surface area contributed by atoms with Gasteiger partial charge in [0.25, 0.3) is 0 Å². The fourth-order valence-corrected chi connectivity index (χ4v) is 5.86. The third kappa shape index (κ3) is 8.03. The molecule has 2 heterocycles. The SMILES string of the molecule is Cc1ccc(-c2cc(OC(=O)N(C)c3cc(Cl)cc(Cl)c3)nc(Nc3ccc(OCC4CCCN(C)C4)c(F)c3)n2)c(C)c1C. The zero-order valence-electron chi connectivity index (χ0n) is 26.0. The molecule has 0 aliphatic carbocycles. The second kappa shape index (κ2) is 14.0. The number of benzene rings is 3. The molecule has 1 aliphatic heterocycles. The Hall–Kier alpha value is -3.92. The van der Waals surface area contributed by atoms with Crippen LogP contribution in [-0.4, -0.2) is 54.8 Å². The van der Waals surface area contributed by atoms with Gasteiger partial charge in [0.15, 0.2) is 11.6 Å². The van der Waals surface area contributed by atoms with Gasteiger partial charge in [-0.1, -0.05) is 35.3 Å². The molecule has 0 bridgehead atoms. The summed E-state index contributed by atoms with van der Waals surface area (Å²) in [5.41, 5.74) is 5.53. The van der Waals surface area contributed by atoms with Crippen molar-refractivity contribution in [3.8, 4) is 22.9 Å². The highest BCUT2D eigenvalue weighted by Crippen LogP contribution is 2.31. The second-order valence-electron chi connectivity index (χ2n) is 11.5. The molecule has 1 amide bonds. The van der Waals surface area contributed by atoms with E-state index >= 15 is 4.39 Å². The first-order valence-electron chi connectivity index (χ1n) is 14.7. The number of aromatic nitrogens is 2. The molecule has 0 radical (unpaired) electrons. The maximum atomic E-state index is 15.1. The lowest BCUT2D eigenvalue weighted by Gasteiger charge is -2.29. The number of aryl methyl sites for hydroxylation is 1. The first-order chi connectivity index (χ1) is 21.5. The van der Waals surface area contributed by atoms with Crippen molar-refractivity contribution >= 4 is 46.6 Å². The monoisotopic (exact) mass is 651 g/mol. The number of piperidine rings is 1. The number of hydrogen-bond donors (Lipinski definition) is 1. The van der Waals surface area contributed by atoms with Gasteiger partial charge in [-0.3, -0.25) is 4.90 Å². The summed E-state index contributed by atoms with van der Waals surface area (Å²) >= 11 is 12.3. The van der Waals surface area contributed by atoms with Crippen LogP contribution in [0.15, 0.2) is 54.6 Å². The maximum Gasteiger partial charge on any atom is 0.420 e. The van der Waals surface area contributed by atoms with Crippen LogP contribution in [0.4, 0.5) is 26.5 Å². The Bertz CT molecular complexity index is 1700. The summed E-state index contributed by atoms with van der Waals surface area (Å²) in [5, 5.41) is 3.82. The van der Waals surface area contributed by atoms with Gasteiger partial charge >= 0.3 is 6.09 Å². The fraction of sp³-hybridized carbons (Fsp3) is 0.324. The third-order valence-electron chi connectivity index (χ3n) is 8.12. The molecule has 1 saturated heterocycles. The van der Waals surface area contributed by atoms with Gasteiger partial charge in [-0.25, -0.2) is 14.2 Å². The molecule has 4 aromatic rings. The third-order valence-corrected chi connectivity index (χ3v) is 8.56. The molecular weight excluding hydrogens is 616 g/mol. The predicted octanol–water partition coefficient (Wildman–Crippen LogP) is 8.61. The molecule has 0 saturated carbocycles. The number of likely N-dealkylation sites (tertiary alicyclic amines) is 1. The van der Waals surface area contributed by atoms with Crippen LogP contribution in [0.25, 0.3) is 11.3 Å². The van der Waals surface area contributed by atoms with E-state index in [1.54, 1.807) is 36.4 Å². The Morgan fingerprint density at radius 1 is 1.04 bits per heavy atom. The maximum absolute atomic E-state index is 15.1. The number of anilines is 3. The number of nitrogens with one attached hydrogen (secondary N) is 1. The standard InChI is InChI=1S/C34H36Cl2FN5O3/c1-20-8-10-28(22(3)21(20)2)30-17-32(45-34(43)42(5)27-14-24(35)13-25(36)15-27)40-33(39-30)38-26-9-11-31(29(37)16-26)44-19-23-7-6-12-41(4)18-23/h8-11,13-17,23H,6-7,12,18-19H2,1-5H3,(H,38,39,40). The number of rotatable bonds is 8. The van der Waals surface area contributed by atoms with Crippen molar-refractivity contribution in [2.24, 2.45) is 5.92 Å². The Balaban J connectivity index is 1.40. The van der Waals surface area contributed by atoms with Crippen LogP contribution in [-0.2, 0) is 0 Å². The normalized spacial score (nSPS) is 15.1. The number of ether oxygens (including phenoxy) is 2. The number of halogens is 3. The van der Waals surface area contributed by atoms with E-state index in [2.05, 4.69) is 22.2 Å². The number of carbonyl (C=O) groups excluding carboxylic acids is 1. The average molecular weight is 653 g/mol. The Morgan fingerprint density at radius 3 is 2.51 bits per heavy atom. The molecule has 5 rings (SSSR count). The molecule has 0 spiro atoms. The van der Waals surface area contributed by atoms with Crippen molar-refractivity contribution in [1.82, 2.24) is 14.9 Å². The van der Waals surface area contributed by atoms with Crippen LogP contribution in [0.3, 0.4) is 0 Å². The summed E-state index contributed by atoms with van der Waals surface area (Å²) in [6.45, 7) is 8.56. The minimum absolute atomic E-state index is 0.00276. The van der Waals surface area contributed by atoms with Crippen LogP contribution < -0.4 is 19.7 Å². The molecule has 236 valence electrons. The summed E-state index contributed by atoms with van der Waals surface area (Å²) < 4.78 is 26.6. The first-order valence-corrected chi connectivity index (χ1v) is 15.5. The van der Waals surface area contributed by atoms with Gasteiger partial charge in [0.05, 0.1) is 12.3 Å². The highest BCUT2D eigenvalue weighted by atomic mass is 35.5. The van der Waals surface area contributed by atoms with Gasteiger partial charge in [-0.2, -0.15) is 4.98 Å². The molecule has 1 aromatic heterocycles. The quantitative estimate of drug-likeness (QED) is 0.204. The molecule has 1 atom stereocenters. The van der Waals surface area contributed by atoms with E-state index in [1.165, 1.54) is 18.0 Å². The van der Waals surface area contributed by atoms with Crippen molar-refractivity contribution in [1.29, 1.82) is 0 Å². The lowest BCUT2D eigenvalue weighted by molar-refractivity contribution is 0.147. The predicted molar refractivity (Wildman–Crippen MR) is 178 cm³/mol. The summed E-state index contributed by atoms with van der Waals surface area (Å²) in [7, 11) is 3.63. The smallest absolute Gasteiger partial charge is 0.420 e. The summed E-state index contributed by atoms with van der Waals surface area (Å²) in [5.74, 6) is 0.177. The number of carbonyl (C=O) groups is 1. The van der Waals surface area contributed by atoms with Gasteiger partial charge in [-0.05, 0) is 94.2 Å². The number of nitrogens with zero attached hydrogens (tertiary/aromatic N) is 4. The molecular formula is C34H36Cl2FN5O3. The van der Waals surface area contributed by atoms with Gasteiger partial charge in [0, 0.05) is 58.6 Å². The van der Waals surface area contributed by atoms with Crippen LogP contribution in [0.5, 0.6) is 11.6 Å². The summed E-state index contributed by atoms with van der Waals surface area (Å²) in [6.07, 6.45) is 1.46. The molecule has 11 heteroatoms. The zero-order chi connectivity index (χ0) is 32.2. The van der Waals surface area contributed by atoms with Crippen molar-refractivity contribution in [2.75, 3.05) is 44.0 Å². The highest BCUT2D eigenvalue weighted by molar-refractivity contribution is 6.35. The Kier molecular flexibility index (Phi) is 10.1. The molecule has 3 aromatic carbocycles. The molecule has 1 aliphatic rings. The van der Waals surface area contributed by atoms with E-state index in [0.29, 0.717) is 39.6 Å². The fourth-order valence-electron chi connectivity index (χ4n) is 5.34. The summed E-state index contributed by atoms with van der Waals surface area (Å²) in [4.78, 5) is 25.8. The molecule has 1 fully saturated rings.